The van der Waals surface area contributed by atoms with Crippen molar-refractivity contribution < 1.29 is 4.79 Å². The summed E-state index contributed by atoms with van der Waals surface area (Å²) in [5.41, 5.74) is 0.812. The fourth-order valence-corrected chi connectivity index (χ4v) is 1.99. The van der Waals surface area contributed by atoms with Crippen LogP contribution < -0.4 is 16.0 Å². The molecule has 1 aromatic rings. The molecule has 3 N–H and O–H groups in total. The Morgan fingerprint density at radius 2 is 2.18 bits per heavy atom. The second-order valence-corrected chi connectivity index (χ2v) is 4.37. The van der Waals surface area contributed by atoms with Crippen molar-refractivity contribution in [3.8, 4) is 0 Å². The third-order valence-electron chi connectivity index (χ3n) is 3.22. The van der Waals surface area contributed by atoms with Crippen LogP contribution in [-0.2, 0) is 0 Å². The number of carbonyl (C=O) groups excluding carboxylic acids is 1. The lowest BCUT2D eigenvalue weighted by Crippen LogP contribution is -2.42. The van der Waals surface area contributed by atoms with Crippen molar-refractivity contribution in [1.82, 2.24) is 25.5 Å². The molecule has 2 aliphatic rings. The standard InChI is InChI=1S/C11H15N5O/c17-11(15-8-2-1-3-8)16-7-12-6-9(16)10-13-4-5-14-10/h4-8,10,13-14H,1-3H2,(H,15,17). The van der Waals surface area contributed by atoms with E-state index in [1.165, 1.54) is 6.42 Å². The van der Waals surface area contributed by atoms with Gasteiger partial charge < -0.3 is 16.0 Å². The minimum absolute atomic E-state index is 0.0790. The first-order chi connectivity index (χ1) is 8.34. The van der Waals surface area contributed by atoms with Gasteiger partial charge in [-0.15, -0.1) is 0 Å². The number of hydrogen-bond acceptors (Lipinski definition) is 4. The van der Waals surface area contributed by atoms with E-state index in [1.54, 1.807) is 17.1 Å². The third kappa shape index (κ3) is 1.86. The molecule has 0 saturated heterocycles. The number of rotatable bonds is 2. The van der Waals surface area contributed by atoms with Crippen molar-refractivity contribution in [2.24, 2.45) is 0 Å². The second-order valence-electron chi connectivity index (χ2n) is 4.37. The summed E-state index contributed by atoms with van der Waals surface area (Å²) in [6, 6.07) is 0.234. The van der Waals surface area contributed by atoms with Gasteiger partial charge in [-0.1, -0.05) is 0 Å². The highest BCUT2D eigenvalue weighted by Gasteiger charge is 2.23. The molecule has 1 aliphatic carbocycles. The second kappa shape index (κ2) is 4.12. The van der Waals surface area contributed by atoms with Gasteiger partial charge >= 0.3 is 6.03 Å². The number of nitrogens with zero attached hydrogens (tertiary/aromatic N) is 2. The Morgan fingerprint density at radius 1 is 1.41 bits per heavy atom. The molecule has 1 amide bonds. The Bertz CT molecular complexity index is 440. The van der Waals surface area contributed by atoms with Gasteiger partial charge in [-0.2, -0.15) is 0 Å². The van der Waals surface area contributed by atoms with E-state index < -0.39 is 0 Å². The molecule has 90 valence electrons. The predicted octanol–water partition coefficient (Wildman–Crippen LogP) is 0.656. The maximum Gasteiger partial charge on any atom is 0.327 e. The lowest BCUT2D eigenvalue weighted by atomic mass is 9.93. The number of amides is 1. The summed E-state index contributed by atoms with van der Waals surface area (Å²) in [6.07, 6.45) is 10.1. The molecule has 6 heteroatoms. The molecular formula is C11H15N5O. The molecule has 1 fully saturated rings. The lowest BCUT2D eigenvalue weighted by Gasteiger charge is -2.26. The van der Waals surface area contributed by atoms with Crippen LogP contribution in [0.1, 0.15) is 31.1 Å². The van der Waals surface area contributed by atoms with Crippen molar-refractivity contribution >= 4 is 6.03 Å². The number of hydrogen-bond donors (Lipinski definition) is 3. The molecule has 0 unspecified atom stereocenters. The Labute approximate surface area is 99.1 Å². The largest absolute Gasteiger partial charge is 0.365 e. The topological polar surface area (TPSA) is 71.0 Å². The van der Waals surface area contributed by atoms with Crippen LogP contribution in [0, 0.1) is 0 Å². The van der Waals surface area contributed by atoms with Gasteiger partial charge in [0, 0.05) is 18.4 Å². The number of carbonyl (C=O) groups is 1. The van der Waals surface area contributed by atoms with Crippen LogP contribution in [0.4, 0.5) is 4.79 Å². The quantitative estimate of drug-likeness (QED) is 0.701. The van der Waals surface area contributed by atoms with Crippen molar-refractivity contribution in [3.63, 3.8) is 0 Å². The monoisotopic (exact) mass is 233 g/mol. The summed E-state index contributed by atoms with van der Waals surface area (Å²) in [7, 11) is 0. The van der Waals surface area contributed by atoms with Gasteiger partial charge in [0.15, 0.2) is 0 Å². The number of nitrogens with one attached hydrogen (secondary N) is 3. The van der Waals surface area contributed by atoms with Gasteiger partial charge in [-0.3, -0.25) is 4.57 Å². The number of aromatic nitrogens is 2. The van der Waals surface area contributed by atoms with E-state index in [0.29, 0.717) is 6.04 Å². The van der Waals surface area contributed by atoms with Gasteiger partial charge in [-0.05, 0) is 19.3 Å². The highest BCUT2D eigenvalue weighted by Crippen LogP contribution is 2.19. The Balaban J connectivity index is 1.73. The molecule has 0 spiro atoms. The third-order valence-corrected chi connectivity index (χ3v) is 3.22. The van der Waals surface area contributed by atoms with Gasteiger partial charge in [0.25, 0.3) is 0 Å². The molecule has 0 aromatic carbocycles. The smallest absolute Gasteiger partial charge is 0.327 e. The molecule has 0 atom stereocenters. The zero-order valence-corrected chi connectivity index (χ0v) is 9.39. The van der Waals surface area contributed by atoms with E-state index in [4.69, 9.17) is 0 Å². The zero-order chi connectivity index (χ0) is 11.7. The first-order valence-electron chi connectivity index (χ1n) is 5.85. The summed E-state index contributed by atoms with van der Waals surface area (Å²) >= 11 is 0. The average molecular weight is 233 g/mol. The van der Waals surface area contributed by atoms with Crippen molar-refractivity contribution in [2.75, 3.05) is 0 Å². The van der Waals surface area contributed by atoms with E-state index in [0.717, 1.165) is 18.5 Å². The first-order valence-corrected chi connectivity index (χ1v) is 5.85. The fourth-order valence-electron chi connectivity index (χ4n) is 1.99. The maximum atomic E-state index is 12.0. The van der Waals surface area contributed by atoms with Gasteiger partial charge in [0.1, 0.15) is 12.5 Å². The summed E-state index contributed by atoms with van der Waals surface area (Å²) in [4.78, 5) is 16.1. The molecule has 1 aromatic heterocycles. The molecular weight excluding hydrogens is 218 g/mol. The number of imidazole rings is 1. The summed E-state index contributed by atoms with van der Waals surface area (Å²) in [5.74, 6) is 0. The van der Waals surface area contributed by atoms with Crippen molar-refractivity contribution in [1.29, 1.82) is 0 Å². The van der Waals surface area contributed by atoms with E-state index in [9.17, 15) is 4.79 Å². The van der Waals surface area contributed by atoms with Crippen LogP contribution in [-0.4, -0.2) is 21.6 Å². The Morgan fingerprint density at radius 3 is 2.82 bits per heavy atom. The summed E-state index contributed by atoms with van der Waals surface area (Å²) < 4.78 is 1.55. The van der Waals surface area contributed by atoms with Crippen molar-refractivity contribution in [3.05, 3.63) is 30.6 Å². The maximum absolute atomic E-state index is 12.0. The van der Waals surface area contributed by atoms with Gasteiger partial charge in [-0.25, -0.2) is 9.78 Å². The Kier molecular flexibility index (Phi) is 2.47. The highest BCUT2D eigenvalue weighted by atomic mass is 16.2. The van der Waals surface area contributed by atoms with Crippen LogP contribution in [0.25, 0.3) is 0 Å². The normalized spacial score (nSPS) is 19.5. The SMILES string of the molecule is O=C(NC1CCC1)n1cncc1C1NC=CN1. The molecule has 3 rings (SSSR count). The van der Waals surface area contributed by atoms with Crippen LogP contribution in [0.2, 0.25) is 0 Å². The fraction of sp³-hybridized carbons (Fsp3) is 0.455. The summed E-state index contributed by atoms with van der Waals surface area (Å²) in [6.45, 7) is 0. The van der Waals surface area contributed by atoms with Crippen LogP contribution >= 0.6 is 0 Å². The predicted molar refractivity (Wildman–Crippen MR) is 61.9 cm³/mol. The van der Waals surface area contributed by atoms with Crippen molar-refractivity contribution in [2.45, 2.75) is 31.5 Å². The molecule has 6 nitrogen and oxygen atoms in total. The minimum atomic E-state index is -0.0994. The highest BCUT2D eigenvalue weighted by molar-refractivity contribution is 5.77. The molecule has 0 radical (unpaired) electrons. The van der Waals surface area contributed by atoms with E-state index >= 15 is 0 Å². The molecule has 2 heterocycles. The zero-order valence-electron chi connectivity index (χ0n) is 9.39. The Hall–Kier alpha value is -1.98. The average Bonchev–Trinajstić information content (AvgIpc) is 2.91. The lowest BCUT2D eigenvalue weighted by molar-refractivity contribution is 0.228. The minimum Gasteiger partial charge on any atom is -0.365 e. The van der Waals surface area contributed by atoms with E-state index in [-0.39, 0.29) is 12.2 Å². The van der Waals surface area contributed by atoms with Crippen LogP contribution in [0.3, 0.4) is 0 Å². The molecule has 0 bridgehead atoms. The van der Waals surface area contributed by atoms with Gasteiger partial charge in [0.2, 0.25) is 0 Å². The molecule has 17 heavy (non-hydrogen) atoms. The van der Waals surface area contributed by atoms with Crippen LogP contribution in [0.5, 0.6) is 0 Å². The van der Waals surface area contributed by atoms with E-state index in [1.807, 2.05) is 12.4 Å². The van der Waals surface area contributed by atoms with Gasteiger partial charge in [0.05, 0.1) is 11.9 Å². The molecule has 1 aliphatic heterocycles. The summed E-state index contributed by atoms with van der Waals surface area (Å²) in [5, 5.41) is 9.20. The van der Waals surface area contributed by atoms with E-state index in [2.05, 4.69) is 20.9 Å². The van der Waals surface area contributed by atoms with Crippen LogP contribution in [0.15, 0.2) is 24.9 Å². The molecule has 1 saturated carbocycles. The first kappa shape index (κ1) is 10.2.